The number of nitrogens with zero attached hydrogens (tertiary/aromatic N) is 1. The van der Waals surface area contributed by atoms with E-state index in [1.165, 1.54) is 12.3 Å². The van der Waals surface area contributed by atoms with Gasteiger partial charge in [-0.15, -0.1) is 0 Å². The van der Waals surface area contributed by atoms with Crippen molar-refractivity contribution < 1.29 is 62.2 Å². The van der Waals surface area contributed by atoms with Crippen molar-refractivity contribution in [3.05, 3.63) is 78.1 Å². The van der Waals surface area contributed by atoms with E-state index in [1.54, 1.807) is 6.92 Å². The molecule has 34 heavy (non-hydrogen) atoms. The van der Waals surface area contributed by atoms with Crippen LogP contribution >= 0.6 is 7.52 Å². The monoisotopic (exact) mass is 467 g/mol. The van der Waals surface area contributed by atoms with Crippen LogP contribution in [0.3, 0.4) is 0 Å². The molecular weight excluding hydrogens is 443 g/mol. The molecule has 0 spiro atoms. The summed E-state index contributed by atoms with van der Waals surface area (Å²) in [6.07, 6.45) is 1.89. The first-order valence-corrected chi connectivity index (χ1v) is 12.0. The summed E-state index contributed by atoms with van der Waals surface area (Å²) >= 11 is 0. The second-order valence-electron chi connectivity index (χ2n) is 7.38. The zero-order chi connectivity index (χ0) is 23.1. The van der Waals surface area contributed by atoms with E-state index in [9.17, 15) is 24.5 Å². The summed E-state index contributed by atoms with van der Waals surface area (Å²) in [5, 5.41) is 26.3. The average Bonchev–Trinajstić information content (AvgIpc) is 3.23. The molecule has 0 bridgehead atoms. The molecule has 0 saturated carbocycles. The van der Waals surface area contributed by atoms with Gasteiger partial charge < -0.3 is 24.9 Å². The molecule has 3 N–H and O–H groups in total. The summed E-state index contributed by atoms with van der Waals surface area (Å²) in [7, 11) is -3.75. The van der Waals surface area contributed by atoms with Crippen molar-refractivity contribution in [1.29, 1.82) is 0 Å². The van der Waals surface area contributed by atoms with Gasteiger partial charge in [0.15, 0.2) is 0 Å². The van der Waals surface area contributed by atoms with Gasteiger partial charge in [-0.2, -0.15) is 0 Å². The fraction of sp³-hybridized carbons (Fsp3) is 0.217. The van der Waals surface area contributed by atoms with Crippen LogP contribution in [0.25, 0.3) is 11.1 Å². The Balaban J connectivity index is 0.00000289. The molecule has 1 heterocycles. The van der Waals surface area contributed by atoms with Gasteiger partial charge in [0.2, 0.25) is 0 Å². The van der Waals surface area contributed by atoms with Crippen molar-refractivity contribution in [2.24, 2.45) is 4.99 Å². The predicted molar refractivity (Wildman–Crippen MR) is 120 cm³/mol. The van der Waals surface area contributed by atoms with Gasteiger partial charge in [-0.1, -0.05) is 61.5 Å². The molecule has 1 unspecified atom stereocenters. The fourth-order valence-corrected chi connectivity index (χ4v) is 4.69. The van der Waals surface area contributed by atoms with Crippen LogP contribution in [0, 0.1) is 0 Å². The number of aromatic nitrogens is 1. The minimum Gasteiger partial charge on any atom is -0.861 e. The summed E-state index contributed by atoms with van der Waals surface area (Å²) in [5.74, 6) is -2.10. The van der Waals surface area contributed by atoms with Crippen molar-refractivity contribution in [2.75, 3.05) is 6.16 Å². The number of hydrogen-bond acceptors (Lipinski definition) is 5. The summed E-state index contributed by atoms with van der Waals surface area (Å²) in [6.45, 7) is 1.77. The number of aliphatic imine (C=N–C) groups is 1. The van der Waals surface area contributed by atoms with Gasteiger partial charge in [-0.3, -0.25) is 9.56 Å². The van der Waals surface area contributed by atoms with Gasteiger partial charge in [-0.05, 0) is 41.5 Å². The van der Waals surface area contributed by atoms with Crippen LogP contribution in [-0.4, -0.2) is 33.9 Å². The molecule has 0 aliphatic heterocycles. The van der Waals surface area contributed by atoms with Gasteiger partial charge in [0.25, 0.3) is 7.52 Å². The predicted octanol–water partition coefficient (Wildman–Crippen LogP) is -3.76. The standard InChI is InChI=1S/C23H26N3O5P.2Li/c1-2-12-32(30,31)26-20(22(27)25-19-14-21(23(28)29)24-15-19)13-16-8-10-18(11-9-16)17-6-4-3-5-7-17;;/h3-11,14-15,20,24H,2,12-13H2,1H3,(H,25,27)(H,28,29)(H2,26,30,31);;/q;2*+1/p-2/t20-;;/m0../s1. The zero-order valence-electron chi connectivity index (χ0n) is 19.5. The molecule has 3 aromatic rings. The van der Waals surface area contributed by atoms with Gasteiger partial charge in [-0.25, -0.2) is 5.09 Å². The molecule has 3 rings (SSSR count). The van der Waals surface area contributed by atoms with Gasteiger partial charge >= 0.3 is 37.7 Å². The van der Waals surface area contributed by atoms with Crippen molar-refractivity contribution in [3.8, 4) is 11.1 Å². The summed E-state index contributed by atoms with van der Waals surface area (Å²) < 4.78 is 12.5. The second-order valence-corrected chi connectivity index (χ2v) is 9.49. The number of carboxylic acid groups (broad SMARTS) is 1. The Labute approximate surface area is 222 Å². The first-order valence-electron chi connectivity index (χ1n) is 10.2. The summed E-state index contributed by atoms with van der Waals surface area (Å²) in [6, 6.07) is 17.5. The van der Waals surface area contributed by atoms with Crippen LogP contribution in [-0.2, 0) is 11.0 Å². The maximum atomic E-state index is 12.8. The first-order chi connectivity index (χ1) is 15.3. The number of carbonyl (C=O) groups excluding carboxylic acids is 1. The normalized spacial score (nSPS) is 13.8. The Kier molecular flexibility index (Phi) is 12.2. The third kappa shape index (κ3) is 8.65. The number of benzene rings is 2. The largest absolute Gasteiger partial charge is 1.00 e. The number of aromatic amines is 1. The van der Waals surface area contributed by atoms with E-state index in [1.807, 2.05) is 54.6 Å². The van der Waals surface area contributed by atoms with E-state index >= 15 is 0 Å². The molecule has 8 nitrogen and oxygen atoms in total. The van der Waals surface area contributed by atoms with E-state index < -0.39 is 25.4 Å². The Bertz CT molecular complexity index is 1140. The number of rotatable bonds is 10. The Morgan fingerprint density at radius 3 is 2.26 bits per heavy atom. The topological polar surface area (TPSA) is 141 Å². The van der Waals surface area contributed by atoms with E-state index in [4.69, 9.17) is 0 Å². The van der Waals surface area contributed by atoms with Crippen molar-refractivity contribution in [1.82, 2.24) is 10.1 Å². The third-order valence-electron chi connectivity index (χ3n) is 4.81. The van der Waals surface area contributed by atoms with Crippen LogP contribution in [0.2, 0.25) is 0 Å². The van der Waals surface area contributed by atoms with Crippen LogP contribution in [0.4, 0.5) is 5.69 Å². The quantitative estimate of drug-likeness (QED) is 0.121. The third-order valence-corrected chi connectivity index (χ3v) is 6.58. The summed E-state index contributed by atoms with van der Waals surface area (Å²) in [4.78, 5) is 27.5. The smallest absolute Gasteiger partial charge is 0.861 e. The minimum absolute atomic E-state index is 0. The molecule has 0 fully saturated rings. The molecule has 0 aliphatic rings. The maximum Gasteiger partial charge on any atom is 1.00 e. The van der Waals surface area contributed by atoms with Crippen molar-refractivity contribution >= 4 is 25.1 Å². The van der Waals surface area contributed by atoms with Gasteiger partial charge in [0, 0.05) is 18.4 Å². The van der Waals surface area contributed by atoms with E-state index in [-0.39, 0.29) is 61.7 Å². The number of carbonyl (C=O) groups is 1. The first kappa shape index (κ1) is 30.0. The molecule has 11 heteroatoms. The van der Waals surface area contributed by atoms with E-state index in [2.05, 4.69) is 15.1 Å². The minimum atomic E-state index is -3.75. The van der Waals surface area contributed by atoms with Crippen molar-refractivity contribution in [2.45, 2.75) is 25.8 Å². The Morgan fingerprint density at radius 1 is 1.09 bits per heavy atom. The SMILES string of the molecule is CCCP(=O)(O)N[C@@H](Cc1ccc(-c2ccccc2)cc1)C([O-])=Nc1c[nH]c(C(=O)[O-])c1.[Li+].[Li+]. The average molecular weight is 467 g/mol. The van der Waals surface area contributed by atoms with Crippen LogP contribution in [0.5, 0.6) is 0 Å². The van der Waals surface area contributed by atoms with E-state index in [0.717, 1.165) is 16.7 Å². The molecular formula is C23H24Li2N3O5P. The van der Waals surface area contributed by atoms with Crippen LogP contribution < -0.4 is 53.0 Å². The number of H-pyrrole nitrogens is 1. The zero-order valence-corrected chi connectivity index (χ0v) is 20.4. The Morgan fingerprint density at radius 2 is 1.71 bits per heavy atom. The maximum absolute atomic E-state index is 12.8. The molecule has 0 saturated heterocycles. The van der Waals surface area contributed by atoms with E-state index in [0.29, 0.717) is 6.42 Å². The van der Waals surface area contributed by atoms with Gasteiger partial charge in [0.05, 0.1) is 17.4 Å². The molecule has 0 amide bonds. The number of aromatic carboxylic acids is 1. The molecule has 2 atom stereocenters. The second kappa shape index (κ2) is 13.8. The summed E-state index contributed by atoms with van der Waals surface area (Å²) in [5.41, 5.74) is 2.74. The van der Waals surface area contributed by atoms with Gasteiger partial charge in [0.1, 0.15) is 0 Å². The number of hydrogen-bond donors (Lipinski definition) is 3. The van der Waals surface area contributed by atoms with Crippen LogP contribution in [0.1, 0.15) is 29.4 Å². The number of carboxylic acids is 1. The number of nitrogens with one attached hydrogen (secondary N) is 2. The van der Waals surface area contributed by atoms with Crippen molar-refractivity contribution in [3.63, 3.8) is 0 Å². The molecule has 0 radical (unpaired) electrons. The molecule has 2 aromatic carbocycles. The van der Waals surface area contributed by atoms with Crippen LogP contribution in [0.15, 0.2) is 71.9 Å². The fourth-order valence-electron chi connectivity index (χ4n) is 3.27. The molecule has 0 aliphatic carbocycles. The molecule has 168 valence electrons. The molecule has 1 aromatic heterocycles. The Hall–Kier alpha value is -2.00.